The molecule has 2 aromatic carbocycles. The van der Waals surface area contributed by atoms with Crippen molar-refractivity contribution >= 4 is 34.1 Å². The molecule has 0 saturated carbocycles. The number of benzene rings is 2. The molecule has 0 aliphatic heterocycles. The van der Waals surface area contributed by atoms with E-state index in [9.17, 15) is 27.9 Å². The van der Waals surface area contributed by atoms with Crippen molar-refractivity contribution in [2.45, 2.75) is 0 Å². The van der Waals surface area contributed by atoms with Gasteiger partial charge in [0.25, 0.3) is 5.90 Å². The molecule has 0 aliphatic rings. The van der Waals surface area contributed by atoms with Gasteiger partial charge in [0.05, 0.1) is 0 Å². The van der Waals surface area contributed by atoms with Gasteiger partial charge in [-0.1, -0.05) is 18.2 Å². The van der Waals surface area contributed by atoms with Gasteiger partial charge in [-0.15, -0.1) is 11.3 Å². The number of carbonyl (C=O) groups excluding carboxylic acids is 1. The lowest BCUT2D eigenvalue weighted by atomic mass is 10.0. The number of carboxylic acids is 1. The Morgan fingerprint density at radius 2 is 1.73 bits per heavy atom. The molecule has 0 saturated heterocycles. The summed E-state index contributed by atoms with van der Waals surface area (Å²) in [4.78, 5) is 28.0. The van der Waals surface area contributed by atoms with E-state index in [4.69, 9.17) is 4.74 Å². The molecule has 0 unspecified atom stereocenters. The number of rotatable bonds is 4. The van der Waals surface area contributed by atoms with Crippen LogP contribution in [0, 0.1) is 17.5 Å². The Hall–Kier alpha value is -3.66. The second-order valence-corrected chi connectivity index (χ2v) is 6.66. The third kappa shape index (κ3) is 4.18. The fourth-order valence-corrected chi connectivity index (χ4v) is 3.49. The number of nitrogens with zero attached hydrogens (tertiary/aromatic N) is 1. The molecule has 1 aromatic heterocycles. The zero-order chi connectivity index (χ0) is 21.8. The van der Waals surface area contributed by atoms with E-state index >= 15 is 0 Å². The number of amides is 1. The Balaban J connectivity index is 1.93. The Morgan fingerprint density at radius 3 is 2.37 bits per heavy atom. The first kappa shape index (κ1) is 21.1. The number of nitrogens with one attached hydrogen (secondary N) is 1. The minimum Gasteiger partial charge on any atom is -0.478 e. The van der Waals surface area contributed by atoms with Gasteiger partial charge < -0.3 is 15.2 Å². The molecule has 0 fully saturated rings. The minimum atomic E-state index is -1.72. The van der Waals surface area contributed by atoms with Crippen LogP contribution in [0.3, 0.4) is 0 Å². The number of hydrogen-bond acceptors (Lipinski definition) is 5. The van der Waals surface area contributed by atoms with E-state index in [2.05, 4.69) is 10.3 Å². The summed E-state index contributed by atoms with van der Waals surface area (Å²) in [5.74, 6) is -7.01. The van der Waals surface area contributed by atoms with Gasteiger partial charge in [-0.25, -0.2) is 23.0 Å². The smallest absolute Gasteiger partial charge is 0.339 e. The molecule has 3 rings (SSSR count). The summed E-state index contributed by atoms with van der Waals surface area (Å²) in [5, 5.41) is 13.0. The van der Waals surface area contributed by atoms with Gasteiger partial charge in [-0.05, 0) is 24.3 Å². The largest absolute Gasteiger partial charge is 0.478 e. The average Bonchev–Trinajstić information content (AvgIpc) is 3.14. The Labute approximate surface area is 172 Å². The van der Waals surface area contributed by atoms with E-state index in [0.29, 0.717) is 11.8 Å². The first-order valence-corrected chi connectivity index (χ1v) is 9.21. The summed E-state index contributed by atoms with van der Waals surface area (Å²) in [6.07, 6.45) is 0. The van der Waals surface area contributed by atoms with Gasteiger partial charge in [0, 0.05) is 23.6 Å². The molecule has 0 radical (unpaired) electrons. The van der Waals surface area contributed by atoms with E-state index in [1.807, 2.05) is 0 Å². The number of halogens is 3. The van der Waals surface area contributed by atoms with Gasteiger partial charge in [-0.3, -0.25) is 4.79 Å². The molecule has 0 bridgehead atoms. The highest BCUT2D eigenvalue weighted by Gasteiger charge is 2.26. The third-order valence-electron chi connectivity index (χ3n) is 3.91. The molecule has 0 atom stereocenters. The van der Waals surface area contributed by atoms with Crippen LogP contribution in [-0.4, -0.2) is 29.9 Å². The van der Waals surface area contributed by atoms with Crippen LogP contribution in [0.4, 0.5) is 18.2 Å². The lowest BCUT2D eigenvalue weighted by molar-refractivity contribution is -0.111. The maximum Gasteiger partial charge on any atom is 0.339 e. The Morgan fingerprint density at radius 1 is 1.03 bits per heavy atom. The van der Waals surface area contributed by atoms with Crippen LogP contribution in [-0.2, 0) is 4.79 Å². The van der Waals surface area contributed by atoms with E-state index in [0.717, 1.165) is 17.4 Å². The zero-order valence-corrected chi connectivity index (χ0v) is 16.1. The zero-order valence-electron chi connectivity index (χ0n) is 15.3. The molecule has 2 N–H and O–H groups in total. The number of carbonyl (C=O) groups is 2. The van der Waals surface area contributed by atoms with Gasteiger partial charge in [0.2, 0.25) is 0 Å². The molecule has 1 heterocycles. The Kier molecular flexibility index (Phi) is 6.17. The van der Waals surface area contributed by atoms with Crippen LogP contribution in [0.25, 0.3) is 11.1 Å². The number of aromatic carboxylic acids is 1. The number of aliphatic imine (C=N–C) groups is 1. The highest BCUT2D eigenvalue weighted by atomic mass is 32.1. The van der Waals surface area contributed by atoms with Crippen molar-refractivity contribution in [2.24, 2.45) is 4.99 Å². The molecule has 1 amide bonds. The van der Waals surface area contributed by atoms with E-state index < -0.39 is 40.5 Å². The van der Waals surface area contributed by atoms with Crippen LogP contribution in [0.2, 0.25) is 0 Å². The maximum atomic E-state index is 14.2. The molecule has 154 valence electrons. The first-order chi connectivity index (χ1) is 14.3. The van der Waals surface area contributed by atoms with Crippen molar-refractivity contribution in [3.63, 3.8) is 0 Å². The van der Waals surface area contributed by atoms with Crippen LogP contribution in [0.5, 0.6) is 5.75 Å². The van der Waals surface area contributed by atoms with Crippen LogP contribution >= 0.6 is 11.3 Å². The first-order valence-electron chi connectivity index (χ1n) is 8.33. The number of anilines is 1. The topological polar surface area (TPSA) is 88.0 Å². The molecule has 0 aliphatic carbocycles. The van der Waals surface area contributed by atoms with Crippen LogP contribution < -0.4 is 10.1 Å². The maximum absolute atomic E-state index is 14.2. The normalized spacial score (nSPS) is 11.3. The minimum absolute atomic E-state index is 0.149. The van der Waals surface area contributed by atoms with Gasteiger partial charge in [0.1, 0.15) is 16.3 Å². The number of hydrogen-bond donors (Lipinski definition) is 2. The van der Waals surface area contributed by atoms with Gasteiger partial charge in [0.15, 0.2) is 17.5 Å². The van der Waals surface area contributed by atoms with Crippen molar-refractivity contribution in [3.8, 4) is 16.9 Å². The van der Waals surface area contributed by atoms with Crippen LogP contribution in [0.15, 0.2) is 52.8 Å². The summed E-state index contributed by atoms with van der Waals surface area (Å²) in [6, 6.07) is 9.91. The second kappa shape index (κ2) is 8.78. The lowest BCUT2D eigenvalue weighted by Gasteiger charge is -2.09. The van der Waals surface area contributed by atoms with Gasteiger partial charge in [-0.2, -0.15) is 0 Å². The monoisotopic (exact) mass is 434 g/mol. The van der Waals surface area contributed by atoms with E-state index in [-0.39, 0.29) is 16.5 Å². The fourth-order valence-electron chi connectivity index (χ4n) is 2.54. The van der Waals surface area contributed by atoms with Crippen LogP contribution in [0.1, 0.15) is 10.4 Å². The van der Waals surface area contributed by atoms with Crippen molar-refractivity contribution in [1.29, 1.82) is 0 Å². The predicted octanol–water partition coefficient (Wildman–Crippen LogP) is 4.58. The average molecular weight is 434 g/mol. The number of carboxylic acid groups (broad SMARTS) is 1. The van der Waals surface area contributed by atoms with E-state index in [1.165, 1.54) is 12.4 Å². The summed E-state index contributed by atoms with van der Waals surface area (Å²) < 4.78 is 46.3. The van der Waals surface area contributed by atoms with Crippen molar-refractivity contribution in [3.05, 3.63) is 70.9 Å². The fraction of sp³-hybridized carbons (Fsp3) is 0.0500. The third-order valence-corrected chi connectivity index (χ3v) is 4.81. The molecule has 6 nitrogen and oxygen atoms in total. The number of thiophene rings is 1. The van der Waals surface area contributed by atoms with Crippen molar-refractivity contribution in [2.75, 3.05) is 12.4 Å². The molecule has 30 heavy (non-hydrogen) atoms. The summed E-state index contributed by atoms with van der Waals surface area (Å²) in [5.41, 5.74) is -1.14. The van der Waals surface area contributed by atoms with Crippen molar-refractivity contribution < 1.29 is 32.6 Å². The summed E-state index contributed by atoms with van der Waals surface area (Å²) in [6.45, 7) is 0. The summed E-state index contributed by atoms with van der Waals surface area (Å²) in [7, 11) is 1.31. The highest BCUT2D eigenvalue weighted by Crippen LogP contribution is 2.37. The van der Waals surface area contributed by atoms with E-state index in [1.54, 1.807) is 30.3 Å². The summed E-state index contributed by atoms with van der Waals surface area (Å²) >= 11 is 0.774. The van der Waals surface area contributed by atoms with Crippen molar-refractivity contribution in [1.82, 2.24) is 0 Å². The standard InChI is InChI=1S/C20H13F3N2O4S/c1-24-18(29-10-5-3-2-4-6-10)17(26)25-19-14(20(27)28)12(9-30-19)11-7-8-13(21)16(23)15(11)22/h2-9H,1H3,(H,25,26)(H,27,28). The quantitative estimate of drug-likeness (QED) is 0.358. The number of ether oxygens (including phenoxy) is 1. The number of para-hydroxylation sites is 1. The molecule has 10 heteroatoms. The van der Waals surface area contributed by atoms with Gasteiger partial charge >= 0.3 is 11.9 Å². The lowest BCUT2D eigenvalue weighted by Crippen LogP contribution is -2.28. The molecular weight excluding hydrogens is 421 g/mol. The molecular formula is C20H13F3N2O4S. The predicted molar refractivity (Wildman–Crippen MR) is 106 cm³/mol. The Bertz CT molecular complexity index is 1150. The molecule has 0 spiro atoms. The SMILES string of the molecule is CN=C(Oc1ccccc1)C(=O)Nc1scc(-c2ccc(F)c(F)c2F)c1C(=O)O. The second-order valence-electron chi connectivity index (χ2n) is 5.78. The highest BCUT2D eigenvalue weighted by molar-refractivity contribution is 7.15. The molecule has 3 aromatic rings.